The number of benzene rings is 1. The molecule has 1 amide bonds. The van der Waals surface area contributed by atoms with Crippen molar-refractivity contribution in [3.63, 3.8) is 0 Å². The first-order valence-electron chi connectivity index (χ1n) is 6.32. The number of ketones is 1. The van der Waals surface area contributed by atoms with Crippen molar-refractivity contribution in [2.75, 3.05) is 0 Å². The molecule has 1 N–H and O–H groups in total. The lowest BCUT2D eigenvalue weighted by atomic mass is 9.93. The Kier molecular flexibility index (Phi) is 3.59. The fraction of sp³-hybridized carbons (Fsp3) is 0.200. The van der Waals surface area contributed by atoms with Gasteiger partial charge in [-0.15, -0.1) is 11.3 Å². The highest BCUT2D eigenvalue weighted by molar-refractivity contribution is 7.12. The van der Waals surface area contributed by atoms with Crippen molar-refractivity contribution >= 4 is 34.6 Å². The van der Waals surface area contributed by atoms with Crippen LogP contribution in [0.25, 0.3) is 0 Å². The number of rotatable bonds is 2. The predicted octanol–water partition coefficient (Wildman–Crippen LogP) is 3.85. The maximum Gasteiger partial charge on any atom is 0.251 e. The fourth-order valence-corrected chi connectivity index (χ4v) is 3.41. The van der Waals surface area contributed by atoms with Gasteiger partial charge < -0.3 is 5.32 Å². The van der Waals surface area contributed by atoms with Crippen LogP contribution in [0.4, 0.5) is 0 Å². The molecule has 0 fully saturated rings. The number of carbonyl (C=O) groups excluding carboxylic acids is 2. The van der Waals surface area contributed by atoms with Gasteiger partial charge in [-0.2, -0.15) is 0 Å². The second-order valence-electron chi connectivity index (χ2n) is 4.70. The van der Waals surface area contributed by atoms with Gasteiger partial charge in [-0.1, -0.05) is 11.6 Å². The highest BCUT2D eigenvalue weighted by Crippen LogP contribution is 2.33. The van der Waals surface area contributed by atoms with Crippen LogP contribution in [0.1, 0.15) is 44.5 Å². The summed E-state index contributed by atoms with van der Waals surface area (Å²) in [4.78, 5) is 24.7. The lowest BCUT2D eigenvalue weighted by Crippen LogP contribution is -2.31. The Morgan fingerprint density at radius 3 is 2.75 bits per heavy atom. The zero-order valence-electron chi connectivity index (χ0n) is 10.6. The number of halogens is 1. The van der Waals surface area contributed by atoms with Crippen molar-refractivity contribution < 1.29 is 9.59 Å². The Hall–Kier alpha value is -1.65. The average molecular weight is 306 g/mol. The highest BCUT2D eigenvalue weighted by atomic mass is 35.5. The summed E-state index contributed by atoms with van der Waals surface area (Å²) in [6.45, 7) is 0. The molecule has 5 heteroatoms. The molecule has 102 valence electrons. The van der Waals surface area contributed by atoms with E-state index in [0.717, 1.165) is 10.4 Å². The molecule has 1 aromatic carbocycles. The van der Waals surface area contributed by atoms with E-state index in [1.54, 1.807) is 24.3 Å². The van der Waals surface area contributed by atoms with Crippen LogP contribution < -0.4 is 5.32 Å². The number of carbonyl (C=O) groups is 2. The van der Waals surface area contributed by atoms with E-state index in [2.05, 4.69) is 5.32 Å². The normalized spacial score (nSPS) is 17.6. The van der Waals surface area contributed by atoms with Crippen LogP contribution >= 0.6 is 22.9 Å². The average Bonchev–Trinajstić information content (AvgIpc) is 2.93. The summed E-state index contributed by atoms with van der Waals surface area (Å²) >= 11 is 7.25. The summed E-state index contributed by atoms with van der Waals surface area (Å²) in [5.74, 6) is 0.0326. The molecule has 1 aliphatic carbocycles. The third-order valence-electron chi connectivity index (χ3n) is 3.40. The molecule has 1 atom stereocenters. The van der Waals surface area contributed by atoms with Crippen molar-refractivity contribution in [2.45, 2.75) is 18.9 Å². The summed E-state index contributed by atoms with van der Waals surface area (Å²) in [6, 6.07) is 8.61. The minimum Gasteiger partial charge on any atom is -0.345 e. The Morgan fingerprint density at radius 2 is 2.00 bits per heavy atom. The second kappa shape index (κ2) is 5.38. The smallest absolute Gasteiger partial charge is 0.251 e. The molecule has 20 heavy (non-hydrogen) atoms. The summed E-state index contributed by atoms with van der Waals surface area (Å²) in [5, 5.41) is 5.49. The maximum atomic E-state index is 12.2. The molecule has 1 heterocycles. The second-order valence-corrected chi connectivity index (χ2v) is 6.05. The minimum atomic E-state index is -0.141. The molecule has 0 saturated heterocycles. The van der Waals surface area contributed by atoms with E-state index in [1.165, 1.54) is 11.3 Å². The molecular formula is C15H12ClNO2S. The van der Waals surface area contributed by atoms with Gasteiger partial charge in [0.15, 0.2) is 5.78 Å². The molecule has 3 nitrogen and oxygen atoms in total. The van der Waals surface area contributed by atoms with E-state index in [0.29, 0.717) is 23.4 Å². The quantitative estimate of drug-likeness (QED) is 0.916. The van der Waals surface area contributed by atoms with E-state index in [9.17, 15) is 9.59 Å². The molecule has 0 aliphatic heterocycles. The highest BCUT2D eigenvalue weighted by Gasteiger charge is 2.27. The van der Waals surface area contributed by atoms with Crippen LogP contribution in [-0.2, 0) is 0 Å². The van der Waals surface area contributed by atoms with Crippen LogP contribution in [0.3, 0.4) is 0 Å². The molecule has 3 rings (SSSR count). The van der Waals surface area contributed by atoms with Crippen LogP contribution in [0.5, 0.6) is 0 Å². The van der Waals surface area contributed by atoms with E-state index in [4.69, 9.17) is 11.6 Å². The fourth-order valence-electron chi connectivity index (χ4n) is 2.36. The third-order valence-corrected chi connectivity index (χ3v) is 4.62. The Morgan fingerprint density at radius 1 is 1.25 bits per heavy atom. The van der Waals surface area contributed by atoms with Gasteiger partial charge >= 0.3 is 0 Å². The number of hydrogen-bond acceptors (Lipinski definition) is 3. The zero-order valence-corrected chi connectivity index (χ0v) is 12.1. The van der Waals surface area contributed by atoms with E-state index in [-0.39, 0.29) is 17.7 Å². The van der Waals surface area contributed by atoms with Crippen LogP contribution in [0, 0.1) is 0 Å². The first-order valence-corrected chi connectivity index (χ1v) is 7.58. The van der Waals surface area contributed by atoms with Crippen molar-refractivity contribution in [1.29, 1.82) is 0 Å². The number of nitrogens with one attached hydrogen (secondary N) is 1. The van der Waals surface area contributed by atoms with E-state index in [1.807, 2.05) is 11.4 Å². The molecule has 1 aliphatic rings. The number of thiophene rings is 1. The lowest BCUT2D eigenvalue weighted by molar-refractivity contribution is 0.0905. The summed E-state index contributed by atoms with van der Waals surface area (Å²) < 4.78 is 0. The molecule has 0 saturated carbocycles. The molecule has 1 aromatic heterocycles. The maximum absolute atomic E-state index is 12.2. The monoisotopic (exact) mass is 305 g/mol. The third kappa shape index (κ3) is 2.49. The molecular weight excluding hydrogens is 294 g/mol. The predicted molar refractivity (Wildman–Crippen MR) is 79.5 cm³/mol. The van der Waals surface area contributed by atoms with Crippen LogP contribution in [-0.4, -0.2) is 11.7 Å². The molecule has 0 radical (unpaired) electrons. The van der Waals surface area contributed by atoms with Gasteiger partial charge in [0.05, 0.1) is 10.9 Å². The van der Waals surface area contributed by atoms with Gasteiger partial charge in [-0.3, -0.25) is 9.59 Å². The Bertz CT molecular complexity index is 663. The minimum absolute atomic E-state index is 0.0860. The van der Waals surface area contributed by atoms with Crippen LogP contribution in [0.15, 0.2) is 35.7 Å². The largest absolute Gasteiger partial charge is 0.345 e. The van der Waals surface area contributed by atoms with Crippen molar-refractivity contribution in [1.82, 2.24) is 5.32 Å². The topological polar surface area (TPSA) is 46.2 Å². The summed E-state index contributed by atoms with van der Waals surface area (Å²) in [7, 11) is 0. The van der Waals surface area contributed by atoms with Gasteiger partial charge in [-0.05, 0) is 47.7 Å². The summed E-state index contributed by atoms with van der Waals surface area (Å²) in [5.41, 5.74) is 1.51. The number of fused-ring (bicyclic) bond motifs is 1. The van der Waals surface area contributed by atoms with Crippen molar-refractivity contribution in [3.8, 4) is 0 Å². The van der Waals surface area contributed by atoms with Gasteiger partial charge in [-0.25, -0.2) is 0 Å². The molecule has 0 bridgehead atoms. The first kappa shape index (κ1) is 13.3. The number of Topliss-reactive ketones (excluding diaryl/α,β-unsaturated/α-hetero) is 1. The number of amides is 1. The van der Waals surface area contributed by atoms with Gasteiger partial charge in [0.1, 0.15) is 0 Å². The first-order chi connectivity index (χ1) is 9.65. The zero-order chi connectivity index (χ0) is 14.1. The number of hydrogen-bond donors (Lipinski definition) is 1. The molecule has 2 aromatic rings. The van der Waals surface area contributed by atoms with Crippen molar-refractivity contribution in [3.05, 3.63) is 56.7 Å². The Labute approximate surface area is 125 Å². The van der Waals surface area contributed by atoms with Gasteiger partial charge in [0, 0.05) is 17.0 Å². The van der Waals surface area contributed by atoms with E-state index < -0.39 is 0 Å². The standard InChI is InChI=1S/C15H12ClNO2S/c16-10-3-1-9(2-4-10)15(19)17-12-5-6-13(18)14-11(12)7-8-20-14/h1-4,7-8,12H,5-6H2,(H,17,19). The lowest BCUT2D eigenvalue weighted by Gasteiger charge is -2.23. The van der Waals surface area contributed by atoms with Gasteiger partial charge in [0.2, 0.25) is 0 Å². The van der Waals surface area contributed by atoms with Crippen LogP contribution in [0.2, 0.25) is 5.02 Å². The van der Waals surface area contributed by atoms with Crippen molar-refractivity contribution in [2.24, 2.45) is 0 Å². The Balaban J connectivity index is 1.79. The van der Waals surface area contributed by atoms with Gasteiger partial charge in [0.25, 0.3) is 5.91 Å². The summed E-state index contributed by atoms with van der Waals surface area (Å²) in [6.07, 6.45) is 1.14. The van der Waals surface area contributed by atoms with E-state index >= 15 is 0 Å². The molecule has 0 spiro atoms. The SMILES string of the molecule is O=C(NC1CCC(=O)c2sccc21)c1ccc(Cl)cc1. The molecule has 1 unspecified atom stereocenters.